The zero-order chi connectivity index (χ0) is 16.3. The summed E-state index contributed by atoms with van der Waals surface area (Å²) in [6.07, 6.45) is -3.10. The molecule has 3 N–H and O–H groups in total. The molecule has 0 radical (unpaired) electrons. The van der Waals surface area contributed by atoms with Crippen LogP contribution in [-0.2, 0) is 0 Å². The molecule has 0 spiro atoms. The summed E-state index contributed by atoms with van der Waals surface area (Å²) in [6.45, 7) is 1.89. The van der Waals surface area contributed by atoms with Gasteiger partial charge in [-0.2, -0.15) is 0 Å². The maximum absolute atomic E-state index is 12.4. The summed E-state index contributed by atoms with van der Waals surface area (Å²) in [5.74, 6) is -0.970. The first-order valence-corrected chi connectivity index (χ1v) is 6.78. The molecule has 22 heavy (non-hydrogen) atoms. The molecule has 0 aliphatic heterocycles. The predicted molar refractivity (Wildman–Crippen MR) is 81.1 cm³/mol. The van der Waals surface area contributed by atoms with Crippen LogP contribution in [-0.4, -0.2) is 34.3 Å². The number of phenols is 1. The van der Waals surface area contributed by atoms with Crippen molar-refractivity contribution in [3.05, 3.63) is 59.2 Å². The third-order valence-corrected chi connectivity index (χ3v) is 3.46. The summed E-state index contributed by atoms with van der Waals surface area (Å²) in [7, 11) is 1.36. The Bertz CT molecular complexity index is 663. The van der Waals surface area contributed by atoms with Crippen LogP contribution in [0.2, 0.25) is 0 Å². The number of phenolic OH excluding ortho intramolecular Hbond substituents is 1. The van der Waals surface area contributed by atoms with E-state index in [1.807, 2.05) is 6.92 Å². The number of hydrogen-bond donors (Lipinski definition) is 3. The fraction of sp³-hybridized carbons (Fsp3) is 0.235. The number of carbonyl (C=O) groups excluding carboxylic acids is 1. The van der Waals surface area contributed by atoms with E-state index in [0.29, 0.717) is 5.56 Å². The lowest BCUT2D eigenvalue weighted by Gasteiger charge is -2.19. The molecule has 2 rings (SSSR count). The Morgan fingerprint density at radius 1 is 1.09 bits per heavy atom. The molecular formula is C17H18O5. The first kappa shape index (κ1) is 16.0. The largest absolute Gasteiger partial charge is 0.507 e. The van der Waals surface area contributed by atoms with Gasteiger partial charge < -0.3 is 20.1 Å². The number of carbonyl (C=O) groups is 1. The highest BCUT2D eigenvalue weighted by Gasteiger charge is 2.30. The second-order valence-corrected chi connectivity index (χ2v) is 5.02. The molecule has 0 aliphatic rings. The number of aromatic hydroxyl groups is 1. The van der Waals surface area contributed by atoms with Crippen LogP contribution < -0.4 is 4.74 Å². The summed E-state index contributed by atoms with van der Waals surface area (Å²) in [5, 5.41) is 30.2. The van der Waals surface area contributed by atoms with Crippen LogP contribution in [0.5, 0.6) is 11.5 Å². The molecule has 0 aliphatic carbocycles. The van der Waals surface area contributed by atoms with Crippen molar-refractivity contribution in [2.75, 3.05) is 7.11 Å². The number of aliphatic hydroxyl groups is 2. The topological polar surface area (TPSA) is 87.0 Å². The van der Waals surface area contributed by atoms with Crippen LogP contribution in [0.4, 0.5) is 0 Å². The van der Waals surface area contributed by atoms with E-state index in [1.54, 1.807) is 24.3 Å². The van der Waals surface area contributed by atoms with Gasteiger partial charge in [-0.25, -0.2) is 0 Å². The molecule has 0 aromatic heterocycles. The Kier molecular flexibility index (Phi) is 4.80. The van der Waals surface area contributed by atoms with Gasteiger partial charge in [0.25, 0.3) is 0 Å². The van der Waals surface area contributed by atoms with E-state index in [1.165, 1.54) is 25.3 Å². The average Bonchev–Trinajstić information content (AvgIpc) is 2.53. The van der Waals surface area contributed by atoms with Gasteiger partial charge in [0.2, 0.25) is 5.78 Å². The number of hydrogen-bond acceptors (Lipinski definition) is 5. The number of ketones is 1. The fourth-order valence-electron chi connectivity index (χ4n) is 2.17. The zero-order valence-electron chi connectivity index (χ0n) is 12.4. The molecule has 5 heteroatoms. The molecule has 0 fully saturated rings. The first-order valence-electron chi connectivity index (χ1n) is 6.78. The van der Waals surface area contributed by atoms with Crippen LogP contribution in [0, 0.1) is 6.92 Å². The van der Waals surface area contributed by atoms with Gasteiger partial charge in [0.15, 0.2) is 0 Å². The number of rotatable bonds is 5. The second-order valence-electron chi connectivity index (χ2n) is 5.02. The minimum absolute atomic E-state index is 0.139. The van der Waals surface area contributed by atoms with Crippen molar-refractivity contribution in [3.63, 3.8) is 0 Å². The maximum atomic E-state index is 12.4. The molecule has 0 bridgehead atoms. The van der Waals surface area contributed by atoms with E-state index in [4.69, 9.17) is 4.74 Å². The van der Waals surface area contributed by atoms with Gasteiger partial charge >= 0.3 is 0 Å². The summed E-state index contributed by atoms with van der Waals surface area (Å²) >= 11 is 0. The minimum Gasteiger partial charge on any atom is -0.507 e. The normalized spacial score (nSPS) is 13.5. The first-order chi connectivity index (χ1) is 10.5. The molecule has 0 saturated heterocycles. The fourth-order valence-corrected chi connectivity index (χ4v) is 2.17. The summed E-state index contributed by atoms with van der Waals surface area (Å²) in [6, 6.07) is 11.2. The Hall–Kier alpha value is -2.37. The van der Waals surface area contributed by atoms with Gasteiger partial charge in [-0.15, -0.1) is 0 Å². The summed E-state index contributed by atoms with van der Waals surface area (Å²) in [4.78, 5) is 12.4. The van der Waals surface area contributed by atoms with Crippen LogP contribution >= 0.6 is 0 Å². The number of aliphatic hydroxyl groups excluding tert-OH is 2. The number of benzene rings is 2. The number of aryl methyl sites for hydroxylation is 1. The average molecular weight is 302 g/mol. The van der Waals surface area contributed by atoms with Crippen molar-refractivity contribution < 1.29 is 24.9 Å². The molecule has 0 saturated carbocycles. The Morgan fingerprint density at radius 3 is 2.32 bits per heavy atom. The van der Waals surface area contributed by atoms with Gasteiger partial charge in [-0.1, -0.05) is 35.9 Å². The van der Waals surface area contributed by atoms with Gasteiger partial charge in [0, 0.05) is 0 Å². The monoisotopic (exact) mass is 302 g/mol. The standard InChI is InChI=1S/C17H18O5/c1-10-6-8-11(9-7-10)15(19)17(21)16(20)14-12(18)4-3-5-13(14)22-2/h3-9,15,17-19,21H,1-2H3. The minimum atomic E-state index is -1.70. The second kappa shape index (κ2) is 6.60. The van der Waals surface area contributed by atoms with E-state index in [2.05, 4.69) is 0 Å². The van der Waals surface area contributed by atoms with Crippen molar-refractivity contribution in [3.8, 4) is 11.5 Å². The third-order valence-electron chi connectivity index (χ3n) is 3.46. The predicted octanol–water partition coefficient (Wildman–Crippen LogP) is 1.99. The van der Waals surface area contributed by atoms with Crippen molar-refractivity contribution in [1.82, 2.24) is 0 Å². The Morgan fingerprint density at radius 2 is 1.73 bits per heavy atom. The van der Waals surface area contributed by atoms with Gasteiger partial charge in [0.1, 0.15) is 29.3 Å². The van der Waals surface area contributed by atoms with E-state index in [-0.39, 0.29) is 17.1 Å². The zero-order valence-corrected chi connectivity index (χ0v) is 12.4. The molecule has 2 aromatic rings. The lowest BCUT2D eigenvalue weighted by molar-refractivity contribution is 0.0200. The van der Waals surface area contributed by atoms with Crippen molar-refractivity contribution in [1.29, 1.82) is 0 Å². The van der Waals surface area contributed by atoms with Crippen LogP contribution in [0.1, 0.15) is 27.6 Å². The molecule has 0 heterocycles. The summed E-state index contributed by atoms with van der Waals surface area (Å²) in [5.41, 5.74) is 1.27. The highest BCUT2D eigenvalue weighted by Crippen LogP contribution is 2.31. The van der Waals surface area contributed by atoms with Crippen molar-refractivity contribution in [2.24, 2.45) is 0 Å². The molecule has 0 amide bonds. The highest BCUT2D eigenvalue weighted by molar-refractivity contribution is 6.04. The van der Waals surface area contributed by atoms with Gasteiger partial charge in [-0.05, 0) is 24.6 Å². The van der Waals surface area contributed by atoms with Crippen molar-refractivity contribution in [2.45, 2.75) is 19.1 Å². The lowest BCUT2D eigenvalue weighted by atomic mass is 9.95. The maximum Gasteiger partial charge on any atom is 0.201 e. The number of methoxy groups -OCH3 is 1. The van der Waals surface area contributed by atoms with E-state index in [0.717, 1.165) is 5.56 Å². The van der Waals surface area contributed by atoms with Crippen LogP contribution in [0.15, 0.2) is 42.5 Å². The van der Waals surface area contributed by atoms with Gasteiger partial charge in [0.05, 0.1) is 7.11 Å². The molecule has 5 nitrogen and oxygen atoms in total. The number of ether oxygens (including phenoxy) is 1. The van der Waals surface area contributed by atoms with Gasteiger partial charge in [-0.3, -0.25) is 4.79 Å². The van der Waals surface area contributed by atoms with E-state index in [9.17, 15) is 20.1 Å². The smallest absolute Gasteiger partial charge is 0.201 e. The molecular weight excluding hydrogens is 284 g/mol. The van der Waals surface area contributed by atoms with Crippen molar-refractivity contribution >= 4 is 5.78 Å². The SMILES string of the molecule is COc1cccc(O)c1C(=O)C(O)C(O)c1ccc(C)cc1. The highest BCUT2D eigenvalue weighted by atomic mass is 16.5. The Labute approximate surface area is 128 Å². The van der Waals surface area contributed by atoms with Crippen LogP contribution in [0.3, 0.4) is 0 Å². The third kappa shape index (κ3) is 3.10. The summed E-state index contributed by atoms with van der Waals surface area (Å²) < 4.78 is 5.03. The quantitative estimate of drug-likeness (QED) is 0.735. The Balaban J connectivity index is 2.31. The molecule has 116 valence electrons. The van der Waals surface area contributed by atoms with Crippen LogP contribution in [0.25, 0.3) is 0 Å². The lowest BCUT2D eigenvalue weighted by Crippen LogP contribution is -2.28. The van der Waals surface area contributed by atoms with E-state index >= 15 is 0 Å². The molecule has 2 atom stereocenters. The van der Waals surface area contributed by atoms with E-state index < -0.39 is 18.0 Å². The molecule has 2 unspecified atom stereocenters. The molecule has 2 aromatic carbocycles. The number of Topliss-reactive ketones (excluding diaryl/α,β-unsaturated/α-hetero) is 1.